The van der Waals surface area contributed by atoms with Gasteiger partial charge in [0, 0.05) is 30.5 Å². The second-order valence-electron chi connectivity index (χ2n) is 6.67. The third-order valence-electron chi connectivity index (χ3n) is 4.93. The van der Waals surface area contributed by atoms with Crippen molar-refractivity contribution in [2.75, 3.05) is 0 Å². The molecule has 2 aromatic rings. The van der Waals surface area contributed by atoms with Crippen molar-refractivity contribution in [2.45, 2.75) is 63.9 Å². The van der Waals surface area contributed by atoms with E-state index in [1.54, 1.807) is 0 Å². The summed E-state index contributed by atoms with van der Waals surface area (Å²) in [7, 11) is 0. The molecule has 0 aromatic carbocycles. The molecule has 2 aliphatic rings. The third kappa shape index (κ3) is 2.27. The summed E-state index contributed by atoms with van der Waals surface area (Å²) in [5, 5.41) is 22.8. The second kappa shape index (κ2) is 5.21. The molecule has 0 saturated heterocycles. The number of fused-ring (bicyclic) bond motifs is 1. The molecule has 118 valence electrons. The molecule has 1 aliphatic heterocycles. The molecule has 0 radical (unpaired) electrons. The molecule has 1 aliphatic carbocycles. The standard InChI is InChI=1S/C16H23N5O/c1-10-8-17-21(9-10)16-14(7-15(16)22)18-11(2)13-6-12-4-3-5-20(12)19-13/h6,8-9,11,14-16,18,22H,3-5,7H2,1-2H3/t11?,14-,15+,16+/m0/s1. The first-order valence-electron chi connectivity index (χ1n) is 8.13. The number of aliphatic hydroxyl groups excluding tert-OH is 1. The number of hydrogen-bond donors (Lipinski definition) is 2. The molecule has 0 amide bonds. The quantitative estimate of drug-likeness (QED) is 0.895. The van der Waals surface area contributed by atoms with Crippen LogP contribution in [-0.4, -0.2) is 36.8 Å². The topological polar surface area (TPSA) is 67.9 Å². The Kier molecular flexibility index (Phi) is 3.31. The van der Waals surface area contributed by atoms with Gasteiger partial charge in [-0.2, -0.15) is 10.2 Å². The van der Waals surface area contributed by atoms with Crippen LogP contribution in [0.4, 0.5) is 0 Å². The minimum atomic E-state index is -0.323. The number of aryl methyl sites for hydroxylation is 3. The van der Waals surface area contributed by atoms with Crippen LogP contribution < -0.4 is 5.32 Å². The first-order valence-corrected chi connectivity index (χ1v) is 8.13. The summed E-state index contributed by atoms with van der Waals surface area (Å²) < 4.78 is 4.01. The van der Waals surface area contributed by atoms with Gasteiger partial charge in [0.05, 0.1) is 24.0 Å². The van der Waals surface area contributed by atoms with Gasteiger partial charge in [-0.25, -0.2) is 0 Å². The highest BCUT2D eigenvalue weighted by atomic mass is 16.3. The largest absolute Gasteiger partial charge is 0.391 e. The highest BCUT2D eigenvalue weighted by Gasteiger charge is 2.42. The van der Waals surface area contributed by atoms with Gasteiger partial charge < -0.3 is 10.4 Å². The highest BCUT2D eigenvalue weighted by molar-refractivity contribution is 5.17. The fourth-order valence-corrected chi connectivity index (χ4v) is 3.64. The molecule has 4 atom stereocenters. The predicted octanol–water partition coefficient (Wildman–Crippen LogP) is 1.36. The van der Waals surface area contributed by atoms with Crippen LogP contribution in [0.5, 0.6) is 0 Å². The third-order valence-corrected chi connectivity index (χ3v) is 4.93. The van der Waals surface area contributed by atoms with E-state index in [0.717, 1.165) is 30.6 Å². The lowest BCUT2D eigenvalue weighted by Gasteiger charge is -2.43. The summed E-state index contributed by atoms with van der Waals surface area (Å²) in [5.41, 5.74) is 3.57. The molecule has 2 aromatic heterocycles. The molecule has 6 heteroatoms. The lowest BCUT2D eigenvalue weighted by Crippen LogP contribution is -2.55. The van der Waals surface area contributed by atoms with Crippen molar-refractivity contribution in [1.82, 2.24) is 24.9 Å². The molecule has 22 heavy (non-hydrogen) atoms. The molecule has 2 N–H and O–H groups in total. The maximum atomic E-state index is 10.1. The number of hydrogen-bond acceptors (Lipinski definition) is 4. The van der Waals surface area contributed by atoms with Crippen molar-refractivity contribution < 1.29 is 5.11 Å². The SMILES string of the molecule is Cc1cnn([C@H]2[C@H](O)C[C@@H]2NC(C)c2cc3n(n2)CCC3)c1. The Hall–Kier alpha value is -1.66. The molecule has 1 saturated carbocycles. The first-order chi connectivity index (χ1) is 10.6. The van der Waals surface area contributed by atoms with Crippen molar-refractivity contribution in [3.8, 4) is 0 Å². The fraction of sp³-hybridized carbons (Fsp3) is 0.625. The maximum Gasteiger partial charge on any atom is 0.0932 e. The van der Waals surface area contributed by atoms with Gasteiger partial charge in [0.1, 0.15) is 0 Å². The number of aliphatic hydroxyl groups is 1. The zero-order valence-corrected chi connectivity index (χ0v) is 13.1. The van der Waals surface area contributed by atoms with E-state index in [9.17, 15) is 5.11 Å². The van der Waals surface area contributed by atoms with Crippen LogP contribution in [0.3, 0.4) is 0 Å². The average Bonchev–Trinajstić information content (AvgIpc) is 3.13. The van der Waals surface area contributed by atoms with Gasteiger partial charge in [-0.15, -0.1) is 0 Å². The summed E-state index contributed by atoms with van der Waals surface area (Å²) >= 11 is 0. The van der Waals surface area contributed by atoms with E-state index in [1.807, 2.05) is 24.0 Å². The normalized spacial score (nSPS) is 28.4. The summed E-state index contributed by atoms with van der Waals surface area (Å²) in [6, 6.07) is 2.66. The van der Waals surface area contributed by atoms with Gasteiger partial charge in [-0.05, 0) is 44.7 Å². The molecule has 3 heterocycles. The van der Waals surface area contributed by atoms with E-state index in [2.05, 4.69) is 28.1 Å². The van der Waals surface area contributed by atoms with Crippen LogP contribution in [0.2, 0.25) is 0 Å². The number of aromatic nitrogens is 4. The molecular formula is C16H23N5O. The van der Waals surface area contributed by atoms with Gasteiger partial charge in [0.25, 0.3) is 0 Å². The molecule has 1 unspecified atom stereocenters. The molecular weight excluding hydrogens is 278 g/mol. The van der Waals surface area contributed by atoms with Gasteiger partial charge in [-0.1, -0.05) is 0 Å². The predicted molar refractivity (Wildman–Crippen MR) is 82.5 cm³/mol. The summed E-state index contributed by atoms with van der Waals surface area (Å²) in [5.74, 6) is 0. The van der Waals surface area contributed by atoms with E-state index in [4.69, 9.17) is 5.10 Å². The Morgan fingerprint density at radius 3 is 3.00 bits per heavy atom. The van der Waals surface area contributed by atoms with E-state index in [0.29, 0.717) is 0 Å². The highest BCUT2D eigenvalue weighted by Crippen LogP contribution is 2.34. The van der Waals surface area contributed by atoms with Crippen LogP contribution in [0.1, 0.15) is 48.8 Å². The molecule has 0 spiro atoms. The van der Waals surface area contributed by atoms with Gasteiger partial charge in [0.2, 0.25) is 0 Å². The van der Waals surface area contributed by atoms with Crippen molar-refractivity contribution in [3.63, 3.8) is 0 Å². The Bertz CT molecular complexity index is 654. The number of rotatable bonds is 4. The Labute approximate surface area is 130 Å². The fourth-order valence-electron chi connectivity index (χ4n) is 3.64. The minimum Gasteiger partial charge on any atom is -0.391 e. The lowest BCUT2D eigenvalue weighted by atomic mass is 9.82. The Morgan fingerprint density at radius 1 is 1.45 bits per heavy atom. The van der Waals surface area contributed by atoms with Crippen molar-refractivity contribution in [2.24, 2.45) is 0 Å². The van der Waals surface area contributed by atoms with E-state index in [-0.39, 0.29) is 24.2 Å². The van der Waals surface area contributed by atoms with Crippen molar-refractivity contribution in [1.29, 1.82) is 0 Å². The maximum absolute atomic E-state index is 10.1. The van der Waals surface area contributed by atoms with Crippen LogP contribution >= 0.6 is 0 Å². The summed E-state index contributed by atoms with van der Waals surface area (Å²) in [6.07, 6.45) is 6.62. The summed E-state index contributed by atoms with van der Waals surface area (Å²) in [6.45, 7) is 5.21. The molecule has 0 bridgehead atoms. The van der Waals surface area contributed by atoms with Crippen LogP contribution in [0.15, 0.2) is 18.5 Å². The zero-order valence-electron chi connectivity index (χ0n) is 13.1. The van der Waals surface area contributed by atoms with E-state index < -0.39 is 0 Å². The lowest BCUT2D eigenvalue weighted by molar-refractivity contribution is -0.0112. The van der Waals surface area contributed by atoms with Gasteiger partial charge in [-0.3, -0.25) is 9.36 Å². The number of nitrogens with one attached hydrogen (secondary N) is 1. The monoisotopic (exact) mass is 301 g/mol. The van der Waals surface area contributed by atoms with Crippen LogP contribution in [0.25, 0.3) is 0 Å². The van der Waals surface area contributed by atoms with E-state index >= 15 is 0 Å². The van der Waals surface area contributed by atoms with Crippen molar-refractivity contribution in [3.05, 3.63) is 35.4 Å². The van der Waals surface area contributed by atoms with Crippen LogP contribution in [-0.2, 0) is 13.0 Å². The Morgan fingerprint density at radius 2 is 2.32 bits per heavy atom. The Balaban J connectivity index is 1.46. The second-order valence-corrected chi connectivity index (χ2v) is 6.67. The molecule has 1 fully saturated rings. The minimum absolute atomic E-state index is 0.0191. The van der Waals surface area contributed by atoms with Gasteiger partial charge in [0.15, 0.2) is 0 Å². The molecule has 4 rings (SSSR count). The van der Waals surface area contributed by atoms with E-state index in [1.165, 1.54) is 12.1 Å². The smallest absolute Gasteiger partial charge is 0.0932 e. The summed E-state index contributed by atoms with van der Waals surface area (Å²) in [4.78, 5) is 0. The van der Waals surface area contributed by atoms with Gasteiger partial charge >= 0.3 is 0 Å². The van der Waals surface area contributed by atoms with Crippen molar-refractivity contribution >= 4 is 0 Å². The van der Waals surface area contributed by atoms with Crippen LogP contribution in [0, 0.1) is 6.92 Å². The first kappa shape index (κ1) is 14.0. The zero-order chi connectivity index (χ0) is 15.3. The average molecular weight is 301 g/mol. The number of nitrogens with zero attached hydrogens (tertiary/aromatic N) is 4. The molecule has 6 nitrogen and oxygen atoms in total.